The molecule has 0 atom stereocenters. The SMILES string of the molecule is CN(C)C(=O)OCO. The Labute approximate surface area is 47.7 Å². The van der Waals surface area contributed by atoms with Crippen molar-refractivity contribution in [1.82, 2.24) is 4.90 Å². The van der Waals surface area contributed by atoms with Gasteiger partial charge in [0.1, 0.15) is 0 Å². The number of aliphatic hydroxyl groups is 1. The quantitative estimate of drug-likeness (QED) is 0.479. The van der Waals surface area contributed by atoms with Gasteiger partial charge in [0.25, 0.3) is 0 Å². The molecule has 1 amide bonds. The van der Waals surface area contributed by atoms with Crippen LogP contribution in [0.1, 0.15) is 0 Å². The average molecular weight is 119 g/mol. The van der Waals surface area contributed by atoms with E-state index in [1.807, 2.05) is 0 Å². The van der Waals surface area contributed by atoms with Gasteiger partial charge in [-0.05, 0) is 0 Å². The fourth-order valence-corrected chi connectivity index (χ4v) is 0.184. The number of ether oxygens (including phenoxy) is 1. The lowest BCUT2D eigenvalue weighted by molar-refractivity contribution is 0.0296. The van der Waals surface area contributed by atoms with Gasteiger partial charge in [0, 0.05) is 14.1 Å². The number of carbonyl (C=O) groups is 1. The van der Waals surface area contributed by atoms with Crippen LogP contribution in [0.15, 0.2) is 0 Å². The van der Waals surface area contributed by atoms with Crippen LogP contribution in [-0.2, 0) is 4.74 Å². The van der Waals surface area contributed by atoms with Crippen LogP contribution in [0.4, 0.5) is 4.79 Å². The molecule has 0 fully saturated rings. The van der Waals surface area contributed by atoms with Gasteiger partial charge in [-0.3, -0.25) is 0 Å². The van der Waals surface area contributed by atoms with E-state index in [9.17, 15) is 4.79 Å². The van der Waals surface area contributed by atoms with Gasteiger partial charge in [-0.1, -0.05) is 0 Å². The summed E-state index contributed by atoms with van der Waals surface area (Å²) < 4.78 is 4.15. The highest BCUT2D eigenvalue weighted by molar-refractivity contribution is 5.66. The molecule has 0 radical (unpaired) electrons. The van der Waals surface area contributed by atoms with Crippen molar-refractivity contribution in [3.05, 3.63) is 0 Å². The van der Waals surface area contributed by atoms with E-state index < -0.39 is 12.9 Å². The van der Waals surface area contributed by atoms with E-state index in [0.717, 1.165) is 0 Å². The lowest BCUT2D eigenvalue weighted by Crippen LogP contribution is -2.22. The van der Waals surface area contributed by atoms with Crippen LogP contribution in [0.3, 0.4) is 0 Å². The molecule has 0 bridgehead atoms. The summed E-state index contributed by atoms with van der Waals surface area (Å²) in [7, 11) is 3.08. The fraction of sp³-hybridized carbons (Fsp3) is 0.750. The van der Waals surface area contributed by atoms with E-state index in [1.165, 1.54) is 19.0 Å². The zero-order valence-electron chi connectivity index (χ0n) is 4.92. The molecular formula is C4H9NO3. The summed E-state index contributed by atoms with van der Waals surface area (Å²) in [6.07, 6.45) is -0.535. The summed E-state index contributed by atoms with van der Waals surface area (Å²) in [5.74, 6) is 0. The Morgan fingerprint density at radius 2 is 2.25 bits per heavy atom. The molecule has 0 saturated heterocycles. The van der Waals surface area contributed by atoms with Gasteiger partial charge in [0.2, 0.25) is 0 Å². The largest absolute Gasteiger partial charge is 0.422 e. The zero-order valence-corrected chi connectivity index (χ0v) is 4.92. The first kappa shape index (κ1) is 7.23. The number of hydrogen-bond acceptors (Lipinski definition) is 3. The third-order valence-electron chi connectivity index (χ3n) is 0.553. The molecule has 0 heterocycles. The molecule has 0 rings (SSSR count). The summed E-state index contributed by atoms with van der Waals surface area (Å²) in [6.45, 7) is -0.559. The van der Waals surface area contributed by atoms with Gasteiger partial charge >= 0.3 is 6.09 Å². The van der Waals surface area contributed by atoms with Crippen molar-refractivity contribution in [3.8, 4) is 0 Å². The predicted octanol–water partition coefficient (Wildman–Crippen LogP) is -0.366. The van der Waals surface area contributed by atoms with Gasteiger partial charge in [0.15, 0.2) is 6.79 Å². The highest BCUT2D eigenvalue weighted by Crippen LogP contribution is 1.81. The minimum atomic E-state index is -0.559. The molecule has 8 heavy (non-hydrogen) atoms. The summed E-state index contributed by atoms with van der Waals surface area (Å²) in [5.41, 5.74) is 0. The first-order valence-corrected chi connectivity index (χ1v) is 2.13. The van der Waals surface area contributed by atoms with Crippen LogP contribution < -0.4 is 0 Å². The highest BCUT2D eigenvalue weighted by atomic mass is 16.6. The molecule has 0 saturated carbocycles. The van der Waals surface area contributed by atoms with Gasteiger partial charge in [-0.25, -0.2) is 4.79 Å². The second-order valence-corrected chi connectivity index (χ2v) is 1.43. The van der Waals surface area contributed by atoms with E-state index in [0.29, 0.717) is 0 Å². The van der Waals surface area contributed by atoms with E-state index in [4.69, 9.17) is 5.11 Å². The molecule has 0 aliphatic carbocycles. The Bertz CT molecular complexity index is 81.4. The number of carbonyl (C=O) groups excluding carboxylic acids is 1. The minimum absolute atomic E-state index is 0.535. The van der Waals surface area contributed by atoms with Crippen molar-refractivity contribution < 1.29 is 14.6 Å². The van der Waals surface area contributed by atoms with Gasteiger partial charge in [-0.2, -0.15) is 0 Å². The van der Waals surface area contributed by atoms with Crippen molar-refractivity contribution in [1.29, 1.82) is 0 Å². The molecule has 0 aliphatic heterocycles. The van der Waals surface area contributed by atoms with Crippen molar-refractivity contribution in [3.63, 3.8) is 0 Å². The molecule has 0 aliphatic rings. The first-order chi connectivity index (χ1) is 3.68. The van der Waals surface area contributed by atoms with Crippen LogP contribution >= 0.6 is 0 Å². The standard InChI is InChI=1S/C4H9NO3/c1-5(2)4(7)8-3-6/h6H,3H2,1-2H3. The maximum atomic E-state index is 10.3. The minimum Gasteiger partial charge on any atom is -0.422 e. The number of nitrogens with zero attached hydrogens (tertiary/aromatic N) is 1. The maximum absolute atomic E-state index is 10.3. The summed E-state index contributed by atoms with van der Waals surface area (Å²) in [5, 5.41) is 8.02. The molecule has 4 nitrogen and oxygen atoms in total. The summed E-state index contributed by atoms with van der Waals surface area (Å²) >= 11 is 0. The van der Waals surface area contributed by atoms with Crippen molar-refractivity contribution in [2.75, 3.05) is 20.9 Å². The Balaban J connectivity index is 3.33. The molecule has 0 unspecified atom stereocenters. The number of rotatable bonds is 1. The Morgan fingerprint density at radius 3 is 2.38 bits per heavy atom. The molecule has 0 spiro atoms. The predicted molar refractivity (Wildman–Crippen MR) is 27.3 cm³/mol. The smallest absolute Gasteiger partial charge is 0.411 e. The lowest BCUT2D eigenvalue weighted by Gasteiger charge is -2.07. The normalized spacial score (nSPS) is 8.38. The highest BCUT2D eigenvalue weighted by Gasteiger charge is 2.00. The van der Waals surface area contributed by atoms with Crippen LogP contribution in [0.25, 0.3) is 0 Å². The molecule has 4 heteroatoms. The molecule has 0 aromatic carbocycles. The van der Waals surface area contributed by atoms with Gasteiger partial charge < -0.3 is 14.7 Å². The van der Waals surface area contributed by atoms with Gasteiger partial charge in [0.05, 0.1) is 0 Å². The first-order valence-electron chi connectivity index (χ1n) is 2.13. The van der Waals surface area contributed by atoms with Crippen LogP contribution in [0.2, 0.25) is 0 Å². The maximum Gasteiger partial charge on any atom is 0.411 e. The topological polar surface area (TPSA) is 49.8 Å². The Morgan fingerprint density at radius 1 is 1.75 bits per heavy atom. The van der Waals surface area contributed by atoms with E-state index >= 15 is 0 Å². The molecule has 0 aromatic heterocycles. The fourth-order valence-electron chi connectivity index (χ4n) is 0.184. The third-order valence-corrected chi connectivity index (χ3v) is 0.553. The molecule has 0 aromatic rings. The van der Waals surface area contributed by atoms with E-state index in [1.54, 1.807) is 0 Å². The summed E-state index contributed by atoms with van der Waals surface area (Å²) in [4.78, 5) is 11.5. The van der Waals surface area contributed by atoms with Crippen LogP contribution in [0, 0.1) is 0 Å². The monoisotopic (exact) mass is 119 g/mol. The van der Waals surface area contributed by atoms with Crippen molar-refractivity contribution >= 4 is 6.09 Å². The average Bonchev–Trinajstić information content (AvgIpc) is 1.67. The summed E-state index contributed by atoms with van der Waals surface area (Å²) in [6, 6.07) is 0. The van der Waals surface area contributed by atoms with Crippen molar-refractivity contribution in [2.24, 2.45) is 0 Å². The van der Waals surface area contributed by atoms with Gasteiger partial charge in [-0.15, -0.1) is 0 Å². The van der Waals surface area contributed by atoms with E-state index in [2.05, 4.69) is 4.74 Å². The second-order valence-electron chi connectivity index (χ2n) is 1.43. The van der Waals surface area contributed by atoms with E-state index in [-0.39, 0.29) is 0 Å². The Kier molecular flexibility index (Phi) is 2.95. The third kappa shape index (κ3) is 2.41. The van der Waals surface area contributed by atoms with Crippen molar-refractivity contribution in [2.45, 2.75) is 0 Å². The second kappa shape index (κ2) is 3.26. The molecule has 48 valence electrons. The zero-order chi connectivity index (χ0) is 6.57. The number of aliphatic hydroxyl groups excluding tert-OH is 1. The Hall–Kier alpha value is -0.770. The molecule has 1 N–H and O–H groups in total. The van der Waals surface area contributed by atoms with Crippen LogP contribution in [0.5, 0.6) is 0 Å². The molecular weight excluding hydrogens is 110 g/mol. The number of hydrogen-bond donors (Lipinski definition) is 1. The number of amides is 1. The lowest BCUT2D eigenvalue weighted by atomic mass is 10.9. The van der Waals surface area contributed by atoms with Crippen LogP contribution in [-0.4, -0.2) is 37.0 Å².